The first-order valence-corrected chi connectivity index (χ1v) is 11.3. The summed E-state index contributed by atoms with van der Waals surface area (Å²) < 4.78 is 2.01. The minimum Gasteiger partial charge on any atom is -0.392 e. The van der Waals surface area contributed by atoms with E-state index in [0.717, 1.165) is 61.0 Å². The fourth-order valence-electron chi connectivity index (χ4n) is 4.32. The highest BCUT2D eigenvalue weighted by Crippen LogP contribution is 2.28. The van der Waals surface area contributed by atoms with E-state index >= 15 is 0 Å². The van der Waals surface area contributed by atoms with Crippen LogP contribution >= 0.6 is 12.4 Å². The molecule has 8 heteroatoms. The van der Waals surface area contributed by atoms with Gasteiger partial charge in [-0.15, -0.1) is 12.4 Å². The zero-order chi connectivity index (χ0) is 22.6. The number of aliphatic hydroxyl groups is 1. The van der Waals surface area contributed by atoms with Crippen LogP contribution < -0.4 is 4.90 Å². The van der Waals surface area contributed by atoms with Crippen LogP contribution in [0.5, 0.6) is 0 Å². The van der Waals surface area contributed by atoms with E-state index in [0.29, 0.717) is 0 Å². The van der Waals surface area contributed by atoms with Crippen molar-refractivity contribution in [1.82, 2.24) is 24.6 Å². The van der Waals surface area contributed by atoms with Gasteiger partial charge in [0.2, 0.25) is 0 Å². The molecule has 2 aromatic heterocycles. The molecule has 0 saturated carbocycles. The summed E-state index contributed by atoms with van der Waals surface area (Å²) in [6.45, 7) is 6.77. The summed E-state index contributed by atoms with van der Waals surface area (Å²) in [7, 11) is 0. The van der Waals surface area contributed by atoms with E-state index in [4.69, 9.17) is 0 Å². The van der Waals surface area contributed by atoms with E-state index in [2.05, 4.69) is 43.9 Å². The van der Waals surface area contributed by atoms with Crippen LogP contribution in [-0.4, -0.2) is 55.9 Å². The lowest BCUT2D eigenvalue weighted by molar-refractivity contribution is 0.249. The van der Waals surface area contributed by atoms with Crippen molar-refractivity contribution < 1.29 is 5.11 Å². The molecule has 1 aliphatic heterocycles. The summed E-state index contributed by atoms with van der Waals surface area (Å²) in [6.07, 6.45) is 5.49. The number of aromatic nitrogens is 4. The van der Waals surface area contributed by atoms with Crippen molar-refractivity contribution in [2.75, 3.05) is 31.1 Å². The van der Waals surface area contributed by atoms with Crippen LogP contribution in [0.15, 0.2) is 73.2 Å². The summed E-state index contributed by atoms with van der Waals surface area (Å²) in [5.74, 6) is 0.918. The van der Waals surface area contributed by atoms with Crippen LogP contribution in [0.4, 0.5) is 5.82 Å². The van der Waals surface area contributed by atoms with Gasteiger partial charge in [0.25, 0.3) is 0 Å². The first-order chi connectivity index (χ1) is 16.2. The van der Waals surface area contributed by atoms with Crippen molar-refractivity contribution in [3.05, 3.63) is 90.0 Å². The lowest BCUT2D eigenvalue weighted by atomic mass is 10.1. The van der Waals surface area contributed by atoms with Crippen molar-refractivity contribution in [2.24, 2.45) is 0 Å². The van der Waals surface area contributed by atoms with Gasteiger partial charge in [0.05, 0.1) is 18.5 Å². The Labute approximate surface area is 206 Å². The minimum atomic E-state index is 0. The topological polar surface area (TPSA) is 70.3 Å². The van der Waals surface area contributed by atoms with E-state index in [1.807, 2.05) is 53.3 Å². The summed E-state index contributed by atoms with van der Waals surface area (Å²) in [5, 5.41) is 13.9. The molecule has 1 aliphatic rings. The molecule has 0 aliphatic carbocycles. The lowest BCUT2D eigenvalue weighted by Gasteiger charge is -2.35. The Bertz CT molecular complexity index is 1200. The van der Waals surface area contributed by atoms with Gasteiger partial charge in [0, 0.05) is 61.9 Å². The zero-order valence-corrected chi connectivity index (χ0v) is 20.0. The summed E-state index contributed by atoms with van der Waals surface area (Å²) >= 11 is 0. The zero-order valence-electron chi connectivity index (χ0n) is 19.2. The molecule has 7 nitrogen and oxygen atoms in total. The Morgan fingerprint density at radius 1 is 0.882 bits per heavy atom. The fourth-order valence-corrected chi connectivity index (χ4v) is 4.32. The highest BCUT2D eigenvalue weighted by atomic mass is 35.5. The number of hydrogen-bond donors (Lipinski definition) is 1. The predicted molar refractivity (Wildman–Crippen MR) is 136 cm³/mol. The van der Waals surface area contributed by atoms with Crippen molar-refractivity contribution in [2.45, 2.75) is 20.1 Å². The smallest absolute Gasteiger partial charge is 0.155 e. The number of halogens is 1. The molecule has 5 rings (SSSR count). The van der Waals surface area contributed by atoms with Gasteiger partial charge >= 0.3 is 0 Å². The molecule has 2 aromatic carbocycles. The molecule has 0 unspecified atom stereocenters. The Hall–Kier alpha value is -3.26. The van der Waals surface area contributed by atoms with Gasteiger partial charge in [-0.25, -0.2) is 9.67 Å². The molecular formula is C26H29ClN6O. The standard InChI is InChI=1S/C26H28N6O.ClH/c1-20-23(17-29-32(20)24-5-3-2-4-6-24)18-30-13-15-31(16-14-30)26-25(27-11-12-28-26)22-9-7-21(19-33)8-10-22;/h2-12,17,33H,13-16,18-19H2,1H3;1H. The Kier molecular flexibility index (Phi) is 7.57. The maximum Gasteiger partial charge on any atom is 0.155 e. The van der Waals surface area contributed by atoms with Gasteiger partial charge in [0.15, 0.2) is 5.82 Å². The molecule has 34 heavy (non-hydrogen) atoms. The van der Waals surface area contributed by atoms with E-state index in [-0.39, 0.29) is 19.0 Å². The maximum atomic E-state index is 9.32. The number of para-hydroxylation sites is 1. The number of benzene rings is 2. The summed E-state index contributed by atoms with van der Waals surface area (Å²) in [6, 6.07) is 18.1. The van der Waals surface area contributed by atoms with Gasteiger partial charge in [0.1, 0.15) is 5.69 Å². The number of anilines is 1. The maximum absolute atomic E-state index is 9.32. The van der Waals surface area contributed by atoms with Crippen molar-refractivity contribution in [3.8, 4) is 16.9 Å². The van der Waals surface area contributed by atoms with Crippen LogP contribution in [0.1, 0.15) is 16.8 Å². The second kappa shape index (κ2) is 10.8. The number of piperazine rings is 1. The highest BCUT2D eigenvalue weighted by Gasteiger charge is 2.22. The van der Waals surface area contributed by atoms with Gasteiger partial charge in [-0.2, -0.15) is 5.10 Å². The van der Waals surface area contributed by atoms with Gasteiger partial charge in [-0.3, -0.25) is 9.88 Å². The average Bonchev–Trinajstić information content (AvgIpc) is 3.25. The van der Waals surface area contributed by atoms with E-state index in [1.165, 1.54) is 11.3 Å². The van der Waals surface area contributed by atoms with Gasteiger partial charge in [-0.05, 0) is 24.6 Å². The fraction of sp³-hybridized carbons (Fsp3) is 0.269. The molecule has 4 aromatic rings. The molecule has 0 radical (unpaired) electrons. The van der Waals surface area contributed by atoms with Crippen molar-refractivity contribution in [3.63, 3.8) is 0 Å². The van der Waals surface area contributed by atoms with E-state index < -0.39 is 0 Å². The second-order valence-corrected chi connectivity index (χ2v) is 8.35. The molecule has 1 fully saturated rings. The normalized spacial score (nSPS) is 14.1. The number of rotatable bonds is 6. The van der Waals surface area contributed by atoms with E-state index in [9.17, 15) is 5.11 Å². The first-order valence-electron chi connectivity index (χ1n) is 11.3. The molecule has 0 spiro atoms. The second-order valence-electron chi connectivity index (χ2n) is 8.35. The van der Waals surface area contributed by atoms with Crippen LogP contribution in [0.3, 0.4) is 0 Å². The summed E-state index contributed by atoms with van der Waals surface area (Å²) in [4.78, 5) is 14.1. The molecule has 0 atom stereocenters. The number of nitrogens with zero attached hydrogens (tertiary/aromatic N) is 6. The average molecular weight is 477 g/mol. The molecule has 1 N–H and O–H groups in total. The molecule has 176 valence electrons. The van der Waals surface area contributed by atoms with Crippen LogP contribution in [0.25, 0.3) is 16.9 Å². The van der Waals surface area contributed by atoms with Crippen LogP contribution in [0.2, 0.25) is 0 Å². The Balaban J connectivity index is 0.00000274. The molecule has 3 heterocycles. The third-order valence-corrected chi connectivity index (χ3v) is 6.27. The first kappa shape index (κ1) is 23.9. The third kappa shape index (κ3) is 4.97. The molecule has 1 saturated heterocycles. The SMILES string of the molecule is Cc1c(CN2CCN(c3nccnc3-c3ccc(CO)cc3)CC2)cnn1-c1ccccc1.Cl. The van der Waals surface area contributed by atoms with Gasteiger partial charge < -0.3 is 10.0 Å². The Morgan fingerprint density at radius 2 is 1.59 bits per heavy atom. The van der Waals surface area contributed by atoms with Gasteiger partial charge in [-0.1, -0.05) is 42.5 Å². The predicted octanol–water partition coefficient (Wildman–Crippen LogP) is 3.87. The Morgan fingerprint density at radius 3 is 2.29 bits per heavy atom. The molecular weight excluding hydrogens is 448 g/mol. The summed E-state index contributed by atoms with van der Waals surface area (Å²) in [5.41, 5.74) is 6.33. The van der Waals surface area contributed by atoms with Crippen LogP contribution in [0, 0.1) is 6.92 Å². The quantitative estimate of drug-likeness (QED) is 0.455. The molecule has 0 bridgehead atoms. The van der Waals surface area contributed by atoms with E-state index in [1.54, 1.807) is 12.4 Å². The monoisotopic (exact) mass is 476 g/mol. The highest BCUT2D eigenvalue weighted by molar-refractivity contribution is 5.85. The van der Waals surface area contributed by atoms with Crippen molar-refractivity contribution in [1.29, 1.82) is 0 Å². The largest absolute Gasteiger partial charge is 0.392 e. The lowest BCUT2D eigenvalue weighted by Crippen LogP contribution is -2.46. The third-order valence-electron chi connectivity index (χ3n) is 6.27. The number of aliphatic hydroxyl groups excluding tert-OH is 1. The number of hydrogen-bond acceptors (Lipinski definition) is 6. The minimum absolute atomic E-state index is 0. The molecule has 0 amide bonds. The van der Waals surface area contributed by atoms with Crippen LogP contribution in [-0.2, 0) is 13.2 Å². The van der Waals surface area contributed by atoms with Crippen molar-refractivity contribution >= 4 is 18.2 Å².